The summed E-state index contributed by atoms with van der Waals surface area (Å²) in [6.45, 7) is 1.58. The quantitative estimate of drug-likeness (QED) is 0.674. The van der Waals surface area contributed by atoms with Gasteiger partial charge in [0.05, 0.1) is 17.1 Å². The summed E-state index contributed by atoms with van der Waals surface area (Å²) >= 11 is 5.84. The molecule has 0 saturated heterocycles. The van der Waals surface area contributed by atoms with Crippen LogP contribution in [-0.4, -0.2) is 30.3 Å². The molecule has 0 bridgehead atoms. The zero-order valence-electron chi connectivity index (χ0n) is 14.3. The van der Waals surface area contributed by atoms with E-state index in [0.29, 0.717) is 16.1 Å². The van der Waals surface area contributed by atoms with Crippen LogP contribution in [0.4, 0.5) is 6.01 Å². The van der Waals surface area contributed by atoms with Crippen LogP contribution in [0.3, 0.4) is 0 Å². The zero-order valence-corrected chi connectivity index (χ0v) is 15.9. The van der Waals surface area contributed by atoms with Gasteiger partial charge in [-0.2, -0.15) is 0 Å². The number of nitrogens with one attached hydrogen (secondary N) is 1. The van der Waals surface area contributed by atoms with Crippen LogP contribution in [0.1, 0.15) is 12.5 Å². The number of carbonyl (C=O) groups excluding carboxylic acids is 1. The molecule has 140 valence electrons. The summed E-state index contributed by atoms with van der Waals surface area (Å²) in [6, 6.07) is 13.0. The Kier molecular flexibility index (Phi) is 5.57. The minimum absolute atomic E-state index is 0.0184. The minimum Gasteiger partial charge on any atom is -0.403 e. The molecule has 0 saturated carbocycles. The van der Waals surface area contributed by atoms with Gasteiger partial charge in [-0.25, -0.2) is 8.42 Å². The number of hydrogen-bond donors (Lipinski definition) is 1. The van der Waals surface area contributed by atoms with Crippen molar-refractivity contribution in [1.29, 1.82) is 0 Å². The zero-order chi connectivity index (χ0) is 19.4. The molecule has 0 aliphatic heterocycles. The van der Waals surface area contributed by atoms with E-state index in [1.165, 1.54) is 12.1 Å². The maximum absolute atomic E-state index is 12.1. The lowest BCUT2D eigenvalue weighted by Gasteiger charge is -2.04. The fourth-order valence-corrected chi connectivity index (χ4v) is 3.32. The van der Waals surface area contributed by atoms with E-state index in [1.54, 1.807) is 43.3 Å². The van der Waals surface area contributed by atoms with Crippen LogP contribution in [-0.2, 0) is 21.1 Å². The fraction of sp³-hybridized carbons (Fsp3) is 0.167. The van der Waals surface area contributed by atoms with Gasteiger partial charge in [0.15, 0.2) is 9.84 Å². The van der Waals surface area contributed by atoms with Crippen molar-refractivity contribution >= 4 is 33.4 Å². The lowest BCUT2D eigenvalue weighted by Crippen LogP contribution is -2.14. The average molecular weight is 406 g/mol. The van der Waals surface area contributed by atoms with E-state index in [9.17, 15) is 13.2 Å². The number of rotatable bonds is 6. The Morgan fingerprint density at radius 3 is 2.37 bits per heavy atom. The molecule has 27 heavy (non-hydrogen) atoms. The van der Waals surface area contributed by atoms with Gasteiger partial charge >= 0.3 is 6.01 Å². The van der Waals surface area contributed by atoms with Crippen molar-refractivity contribution < 1.29 is 17.6 Å². The summed E-state index contributed by atoms with van der Waals surface area (Å²) in [7, 11) is -3.26. The first kappa shape index (κ1) is 19.1. The molecule has 3 rings (SSSR count). The SMILES string of the molecule is CCS(=O)(=O)c1ccc(CC(=O)Nc2nnc(-c3ccc(Cl)cc3)o2)cc1. The topological polar surface area (TPSA) is 102 Å². The molecule has 0 aliphatic rings. The highest BCUT2D eigenvalue weighted by Gasteiger charge is 2.14. The number of aromatic nitrogens is 2. The maximum atomic E-state index is 12.1. The Hall–Kier alpha value is -2.71. The van der Waals surface area contributed by atoms with Crippen LogP contribution in [0.5, 0.6) is 0 Å². The summed E-state index contributed by atoms with van der Waals surface area (Å²) in [5.74, 6) is -0.0663. The predicted molar refractivity (Wildman–Crippen MR) is 101 cm³/mol. The van der Waals surface area contributed by atoms with Crippen LogP contribution < -0.4 is 5.32 Å². The highest BCUT2D eigenvalue weighted by molar-refractivity contribution is 7.91. The van der Waals surface area contributed by atoms with E-state index in [2.05, 4.69) is 15.5 Å². The molecule has 7 nitrogen and oxygen atoms in total. The molecule has 0 spiro atoms. The van der Waals surface area contributed by atoms with Crippen molar-refractivity contribution in [2.75, 3.05) is 11.1 Å². The second-order valence-corrected chi connectivity index (χ2v) is 8.41. The van der Waals surface area contributed by atoms with Crippen molar-refractivity contribution in [3.05, 3.63) is 59.1 Å². The summed E-state index contributed by atoms with van der Waals surface area (Å²) in [5, 5.41) is 10.8. The molecule has 0 unspecified atom stereocenters. The fourth-order valence-electron chi connectivity index (χ4n) is 2.31. The van der Waals surface area contributed by atoms with E-state index in [-0.39, 0.29) is 34.9 Å². The molecule has 0 aliphatic carbocycles. The Balaban J connectivity index is 1.64. The molecule has 1 amide bonds. The number of benzene rings is 2. The molecular weight excluding hydrogens is 390 g/mol. The summed E-state index contributed by atoms with van der Waals surface area (Å²) in [6.07, 6.45) is 0.0467. The van der Waals surface area contributed by atoms with Crippen molar-refractivity contribution in [3.63, 3.8) is 0 Å². The normalized spacial score (nSPS) is 11.3. The smallest absolute Gasteiger partial charge is 0.322 e. The van der Waals surface area contributed by atoms with Crippen LogP contribution >= 0.6 is 11.6 Å². The third kappa shape index (κ3) is 4.72. The largest absolute Gasteiger partial charge is 0.403 e. The first-order chi connectivity index (χ1) is 12.9. The predicted octanol–water partition coefficient (Wildman–Crippen LogP) is 3.36. The maximum Gasteiger partial charge on any atom is 0.322 e. The lowest BCUT2D eigenvalue weighted by atomic mass is 10.1. The van der Waals surface area contributed by atoms with E-state index >= 15 is 0 Å². The molecule has 2 aromatic carbocycles. The highest BCUT2D eigenvalue weighted by atomic mass is 35.5. The number of hydrogen-bond acceptors (Lipinski definition) is 6. The number of sulfone groups is 1. The molecule has 9 heteroatoms. The van der Waals surface area contributed by atoms with E-state index in [4.69, 9.17) is 16.0 Å². The van der Waals surface area contributed by atoms with Crippen LogP contribution in [0, 0.1) is 0 Å². The monoisotopic (exact) mass is 405 g/mol. The summed E-state index contributed by atoms with van der Waals surface area (Å²) in [4.78, 5) is 12.4. The number of nitrogens with zero attached hydrogens (tertiary/aromatic N) is 2. The lowest BCUT2D eigenvalue weighted by molar-refractivity contribution is -0.115. The number of anilines is 1. The van der Waals surface area contributed by atoms with Crippen LogP contribution in [0.25, 0.3) is 11.5 Å². The molecule has 1 heterocycles. The van der Waals surface area contributed by atoms with Gasteiger partial charge < -0.3 is 4.42 Å². The molecule has 1 aromatic heterocycles. The molecule has 1 N–H and O–H groups in total. The average Bonchev–Trinajstić information content (AvgIpc) is 3.11. The van der Waals surface area contributed by atoms with Gasteiger partial charge in [-0.15, -0.1) is 5.10 Å². The second-order valence-electron chi connectivity index (χ2n) is 5.69. The highest BCUT2D eigenvalue weighted by Crippen LogP contribution is 2.22. The molecule has 0 radical (unpaired) electrons. The molecule has 0 atom stereocenters. The Bertz CT molecular complexity index is 1040. The second kappa shape index (κ2) is 7.89. The van der Waals surface area contributed by atoms with Gasteiger partial charge in [0, 0.05) is 10.6 Å². The molecule has 3 aromatic rings. The van der Waals surface area contributed by atoms with Crippen molar-refractivity contribution in [2.24, 2.45) is 0 Å². The third-order valence-corrected chi connectivity index (χ3v) is 5.79. The van der Waals surface area contributed by atoms with Gasteiger partial charge in [0.1, 0.15) is 0 Å². The first-order valence-electron chi connectivity index (χ1n) is 8.08. The molecular formula is C18H16ClN3O4S. The van der Waals surface area contributed by atoms with Crippen molar-refractivity contribution in [1.82, 2.24) is 10.2 Å². The summed E-state index contributed by atoms with van der Waals surface area (Å²) < 4.78 is 29.0. The van der Waals surface area contributed by atoms with E-state index in [1.807, 2.05) is 0 Å². The number of carbonyl (C=O) groups is 1. The van der Waals surface area contributed by atoms with Crippen molar-refractivity contribution in [2.45, 2.75) is 18.2 Å². The van der Waals surface area contributed by atoms with E-state index < -0.39 is 9.84 Å². The van der Waals surface area contributed by atoms with Gasteiger partial charge in [-0.05, 0) is 42.0 Å². The first-order valence-corrected chi connectivity index (χ1v) is 10.1. The van der Waals surface area contributed by atoms with Gasteiger partial charge in [0.25, 0.3) is 0 Å². The Labute approximate surface area is 161 Å². The van der Waals surface area contributed by atoms with Crippen LogP contribution in [0.15, 0.2) is 57.8 Å². The summed E-state index contributed by atoms with van der Waals surface area (Å²) in [5.41, 5.74) is 1.35. The number of halogens is 1. The molecule has 0 fully saturated rings. The number of amides is 1. The van der Waals surface area contributed by atoms with E-state index in [0.717, 1.165) is 0 Å². The van der Waals surface area contributed by atoms with Crippen molar-refractivity contribution in [3.8, 4) is 11.5 Å². The van der Waals surface area contributed by atoms with Crippen LogP contribution in [0.2, 0.25) is 5.02 Å². The standard InChI is InChI=1S/C18H16ClN3O4S/c1-2-27(24,25)15-9-3-12(4-10-15)11-16(23)20-18-22-21-17(26-18)13-5-7-14(19)8-6-13/h3-10H,2,11H2,1H3,(H,20,22,23). The van der Waals surface area contributed by atoms with Gasteiger partial charge in [0.2, 0.25) is 11.8 Å². The van der Waals surface area contributed by atoms with Gasteiger partial charge in [-0.3, -0.25) is 10.1 Å². The van der Waals surface area contributed by atoms with Gasteiger partial charge in [-0.1, -0.05) is 35.8 Å². The Morgan fingerprint density at radius 1 is 1.07 bits per heavy atom. The minimum atomic E-state index is -3.26. The Morgan fingerprint density at radius 2 is 1.74 bits per heavy atom. The third-order valence-electron chi connectivity index (χ3n) is 3.79.